The molecule has 0 saturated heterocycles. The zero-order valence-electron chi connectivity index (χ0n) is 10.9. The molecular weight excluding hydrogens is 214 g/mol. The Kier molecular flexibility index (Phi) is 3.84. The molecule has 1 aliphatic rings. The Morgan fingerprint density at radius 1 is 1.47 bits per heavy atom. The monoisotopic (exact) mass is 237 g/mol. The third kappa shape index (κ3) is 3.30. The zero-order chi connectivity index (χ0) is 12.3. The van der Waals surface area contributed by atoms with Crippen molar-refractivity contribution >= 4 is 0 Å². The maximum atomic E-state index is 10.3. The summed E-state index contributed by atoms with van der Waals surface area (Å²) in [6.07, 6.45) is 8.10. The fraction of sp³-hybridized carbons (Fsp3) is 0.769. The van der Waals surface area contributed by atoms with Gasteiger partial charge in [-0.15, -0.1) is 0 Å². The van der Waals surface area contributed by atoms with Gasteiger partial charge in [0.05, 0.1) is 5.60 Å². The van der Waals surface area contributed by atoms with Crippen LogP contribution in [0.1, 0.15) is 31.5 Å². The van der Waals surface area contributed by atoms with Gasteiger partial charge in [-0.25, -0.2) is 4.98 Å². The normalized spacial score (nSPS) is 19.1. The van der Waals surface area contributed by atoms with Crippen molar-refractivity contribution < 1.29 is 5.11 Å². The number of imidazole rings is 1. The Balaban J connectivity index is 1.78. The van der Waals surface area contributed by atoms with Crippen LogP contribution in [0.5, 0.6) is 0 Å². The zero-order valence-corrected chi connectivity index (χ0v) is 10.9. The van der Waals surface area contributed by atoms with Crippen LogP contribution in [0.25, 0.3) is 0 Å². The summed E-state index contributed by atoms with van der Waals surface area (Å²) < 4.78 is 2.15. The van der Waals surface area contributed by atoms with Gasteiger partial charge in [-0.3, -0.25) is 0 Å². The number of hydrogen-bond acceptors (Lipinski definition) is 3. The third-order valence-corrected chi connectivity index (χ3v) is 3.74. The van der Waals surface area contributed by atoms with Crippen molar-refractivity contribution in [2.24, 2.45) is 0 Å². The Hall–Kier alpha value is -0.870. The van der Waals surface area contributed by atoms with E-state index in [4.69, 9.17) is 0 Å². The minimum atomic E-state index is -0.432. The molecule has 0 bridgehead atoms. The van der Waals surface area contributed by atoms with Gasteiger partial charge in [0.2, 0.25) is 0 Å². The summed E-state index contributed by atoms with van der Waals surface area (Å²) >= 11 is 0. The number of nitrogens with zero attached hydrogens (tertiary/aromatic N) is 3. The lowest BCUT2D eigenvalue weighted by Crippen LogP contribution is -2.40. The summed E-state index contributed by atoms with van der Waals surface area (Å²) in [6.45, 7) is 4.71. The number of aliphatic hydroxyl groups is 1. The van der Waals surface area contributed by atoms with Crippen molar-refractivity contribution in [3.63, 3.8) is 0 Å². The standard InChI is InChI=1S/C13H23N3O/c1-12-14-7-8-16(12)10-9-15(2)11-13(17)5-3-4-6-13/h7-8,17H,3-6,9-11H2,1-2H3. The lowest BCUT2D eigenvalue weighted by Gasteiger charge is -2.28. The van der Waals surface area contributed by atoms with Gasteiger partial charge < -0.3 is 14.6 Å². The van der Waals surface area contributed by atoms with Crippen molar-refractivity contribution in [2.75, 3.05) is 20.1 Å². The first-order chi connectivity index (χ1) is 8.09. The van der Waals surface area contributed by atoms with Gasteiger partial charge in [-0.2, -0.15) is 0 Å². The molecule has 2 rings (SSSR count). The van der Waals surface area contributed by atoms with Crippen LogP contribution in [0.3, 0.4) is 0 Å². The lowest BCUT2D eigenvalue weighted by atomic mass is 10.0. The summed E-state index contributed by atoms with van der Waals surface area (Å²) in [6, 6.07) is 0. The molecule has 4 heteroatoms. The topological polar surface area (TPSA) is 41.3 Å². The van der Waals surface area contributed by atoms with E-state index < -0.39 is 5.60 Å². The van der Waals surface area contributed by atoms with Crippen LogP contribution in [-0.2, 0) is 6.54 Å². The maximum absolute atomic E-state index is 10.3. The highest BCUT2D eigenvalue weighted by molar-refractivity contribution is 4.89. The predicted octanol–water partition coefficient (Wildman–Crippen LogP) is 1.43. The highest BCUT2D eigenvalue weighted by atomic mass is 16.3. The molecule has 0 amide bonds. The molecule has 4 nitrogen and oxygen atoms in total. The molecule has 0 unspecified atom stereocenters. The molecule has 1 saturated carbocycles. The van der Waals surface area contributed by atoms with E-state index in [1.54, 1.807) is 0 Å². The smallest absolute Gasteiger partial charge is 0.105 e. The van der Waals surface area contributed by atoms with Crippen molar-refractivity contribution in [1.82, 2.24) is 14.5 Å². The van der Waals surface area contributed by atoms with Gasteiger partial charge in [-0.1, -0.05) is 12.8 Å². The number of aromatic nitrogens is 2. The van der Waals surface area contributed by atoms with Gasteiger partial charge in [0.1, 0.15) is 5.82 Å². The minimum Gasteiger partial charge on any atom is -0.389 e. The van der Waals surface area contributed by atoms with E-state index >= 15 is 0 Å². The molecule has 0 aromatic carbocycles. The number of aryl methyl sites for hydroxylation is 1. The molecule has 1 aliphatic carbocycles. The summed E-state index contributed by atoms with van der Waals surface area (Å²) in [7, 11) is 2.09. The average molecular weight is 237 g/mol. The first kappa shape index (κ1) is 12.6. The highest BCUT2D eigenvalue weighted by Gasteiger charge is 2.31. The van der Waals surface area contributed by atoms with Crippen LogP contribution >= 0.6 is 0 Å². The van der Waals surface area contributed by atoms with Crippen LogP contribution in [-0.4, -0.2) is 45.3 Å². The van der Waals surface area contributed by atoms with Crippen molar-refractivity contribution in [3.8, 4) is 0 Å². The van der Waals surface area contributed by atoms with E-state index in [9.17, 15) is 5.11 Å². The van der Waals surface area contributed by atoms with Crippen LogP contribution in [0.4, 0.5) is 0 Å². The first-order valence-electron chi connectivity index (χ1n) is 6.48. The fourth-order valence-electron chi connectivity index (χ4n) is 2.69. The SMILES string of the molecule is Cc1nccn1CCN(C)CC1(O)CCCC1. The third-order valence-electron chi connectivity index (χ3n) is 3.74. The number of likely N-dealkylation sites (N-methyl/N-ethyl adjacent to an activating group) is 1. The second-order valence-corrected chi connectivity index (χ2v) is 5.34. The van der Waals surface area contributed by atoms with Gasteiger partial charge in [0, 0.05) is 32.0 Å². The van der Waals surface area contributed by atoms with Crippen LogP contribution in [0.2, 0.25) is 0 Å². The molecule has 0 atom stereocenters. The predicted molar refractivity (Wildman–Crippen MR) is 67.9 cm³/mol. The molecule has 0 radical (unpaired) electrons. The Morgan fingerprint density at radius 2 is 2.18 bits per heavy atom. The molecule has 0 spiro atoms. The second kappa shape index (κ2) is 5.19. The van der Waals surface area contributed by atoms with Gasteiger partial charge in [0.15, 0.2) is 0 Å². The largest absolute Gasteiger partial charge is 0.389 e. The number of rotatable bonds is 5. The minimum absolute atomic E-state index is 0.432. The molecule has 1 N–H and O–H groups in total. The Bertz CT molecular complexity index is 355. The van der Waals surface area contributed by atoms with Crippen molar-refractivity contribution in [2.45, 2.75) is 44.8 Å². The van der Waals surface area contributed by atoms with E-state index in [1.165, 1.54) is 12.8 Å². The molecule has 96 valence electrons. The Labute approximate surface area is 103 Å². The van der Waals surface area contributed by atoms with E-state index in [0.717, 1.165) is 38.3 Å². The summed E-state index contributed by atoms with van der Waals surface area (Å²) in [5, 5.41) is 10.3. The second-order valence-electron chi connectivity index (χ2n) is 5.34. The molecule has 17 heavy (non-hydrogen) atoms. The molecular formula is C13H23N3O. The average Bonchev–Trinajstić information content (AvgIpc) is 2.85. The Morgan fingerprint density at radius 3 is 2.76 bits per heavy atom. The number of hydrogen-bond donors (Lipinski definition) is 1. The maximum Gasteiger partial charge on any atom is 0.105 e. The van der Waals surface area contributed by atoms with E-state index in [-0.39, 0.29) is 0 Å². The first-order valence-corrected chi connectivity index (χ1v) is 6.48. The van der Waals surface area contributed by atoms with E-state index in [2.05, 4.69) is 21.5 Å². The molecule has 0 aliphatic heterocycles. The quantitative estimate of drug-likeness (QED) is 0.842. The van der Waals surface area contributed by atoms with E-state index in [0.29, 0.717) is 0 Å². The summed E-state index contributed by atoms with van der Waals surface area (Å²) in [5.74, 6) is 1.05. The summed E-state index contributed by atoms with van der Waals surface area (Å²) in [4.78, 5) is 6.43. The highest BCUT2D eigenvalue weighted by Crippen LogP contribution is 2.29. The van der Waals surface area contributed by atoms with E-state index in [1.807, 2.05) is 19.3 Å². The van der Waals surface area contributed by atoms with Crippen LogP contribution in [0, 0.1) is 6.92 Å². The molecule has 1 fully saturated rings. The van der Waals surface area contributed by atoms with Crippen LogP contribution in [0.15, 0.2) is 12.4 Å². The van der Waals surface area contributed by atoms with Gasteiger partial charge in [-0.05, 0) is 26.8 Å². The van der Waals surface area contributed by atoms with Gasteiger partial charge in [0.25, 0.3) is 0 Å². The molecule has 1 heterocycles. The molecule has 1 aromatic heterocycles. The van der Waals surface area contributed by atoms with Crippen molar-refractivity contribution in [3.05, 3.63) is 18.2 Å². The van der Waals surface area contributed by atoms with Crippen molar-refractivity contribution in [1.29, 1.82) is 0 Å². The lowest BCUT2D eigenvalue weighted by molar-refractivity contribution is 0.0157. The van der Waals surface area contributed by atoms with Gasteiger partial charge >= 0.3 is 0 Å². The van der Waals surface area contributed by atoms with Crippen LogP contribution < -0.4 is 0 Å². The summed E-state index contributed by atoms with van der Waals surface area (Å²) in [5.41, 5.74) is -0.432. The molecule has 1 aromatic rings. The fourth-order valence-corrected chi connectivity index (χ4v) is 2.69.